The Morgan fingerprint density at radius 3 is 1.63 bits per heavy atom. The predicted octanol–water partition coefficient (Wildman–Crippen LogP) is 7.16. The van der Waals surface area contributed by atoms with Gasteiger partial charge in [-0.05, 0) is 48.0 Å². The lowest BCUT2D eigenvalue weighted by atomic mass is 9.91. The van der Waals surface area contributed by atoms with Crippen LogP contribution in [0.25, 0.3) is 0 Å². The summed E-state index contributed by atoms with van der Waals surface area (Å²) in [6, 6.07) is 0. The van der Waals surface area contributed by atoms with Crippen LogP contribution in [0.15, 0.2) is 72.6 Å². The third kappa shape index (κ3) is 23.8. The Labute approximate surface area is 187 Å². The van der Waals surface area contributed by atoms with E-state index in [-0.39, 0.29) is 0 Å². The molecule has 3 heteroatoms. The molecule has 0 spiro atoms. The standard InChI is InChI=1S/C21H32O.2C2H6O.C2H2/c1-15(2)10-11-16(3)18(5)14-19(6)21(8)17(4)12-13-20(7)22-9;2*1-3-2;1-2/h12-16H,4-5,7-8,10-11H2,1-3,6,9H3;2*1-2H3;1-2H/b13-12-,19-14-;;;. The summed E-state index contributed by atoms with van der Waals surface area (Å²) < 4.78 is 13.5. The molecule has 0 saturated carbocycles. The molecule has 172 valence electrons. The van der Waals surface area contributed by atoms with Gasteiger partial charge in [0.2, 0.25) is 0 Å². The van der Waals surface area contributed by atoms with Crippen molar-refractivity contribution in [3.8, 4) is 12.8 Å². The lowest BCUT2D eigenvalue weighted by molar-refractivity contribution is 0.277. The summed E-state index contributed by atoms with van der Waals surface area (Å²) in [6.07, 6.45) is 16.2. The van der Waals surface area contributed by atoms with E-state index in [9.17, 15) is 0 Å². The third-order valence-electron chi connectivity index (χ3n) is 3.81. The fraction of sp³-hybridized carbons (Fsp3) is 0.481. The predicted molar refractivity (Wildman–Crippen MR) is 135 cm³/mol. The topological polar surface area (TPSA) is 27.7 Å². The first-order valence-electron chi connectivity index (χ1n) is 9.82. The molecular formula is C27H46O3. The van der Waals surface area contributed by atoms with E-state index in [1.165, 1.54) is 12.8 Å². The van der Waals surface area contributed by atoms with E-state index >= 15 is 0 Å². The Morgan fingerprint density at radius 1 is 0.833 bits per heavy atom. The maximum atomic E-state index is 5.00. The summed E-state index contributed by atoms with van der Waals surface area (Å²) in [5, 5.41) is 0. The third-order valence-corrected chi connectivity index (χ3v) is 3.81. The van der Waals surface area contributed by atoms with Gasteiger partial charge in [-0.25, -0.2) is 0 Å². The first-order valence-corrected chi connectivity index (χ1v) is 9.82. The normalized spacial score (nSPS) is 11.0. The average Bonchev–Trinajstić information content (AvgIpc) is 2.71. The van der Waals surface area contributed by atoms with Crippen LogP contribution in [0, 0.1) is 24.7 Å². The van der Waals surface area contributed by atoms with E-state index in [4.69, 9.17) is 4.74 Å². The van der Waals surface area contributed by atoms with E-state index in [0.717, 1.165) is 28.2 Å². The average molecular weight is 419 g/mol. The van der Waals surface area contributed by atoms with Gasteiger partial charge in [-0.1, -0.05) is 71.2 Å². The van der Waals surface area contributed by atoms with Crippen molar-refractivity contribution in [3.63, 3.8) is 0 Å². The van der Waals surface area contributed by atoms with Crippen molar-refractivity contribution >= 4 is 0 Å². The molecule has 0 radical (unpaired) electrons. The van der Waals surface area contributed by atoms with E-state index in [1.54, 1.807) is 41.6 Å². The summed E-state index contributed by atoms with van der Waals surface area (Å²) in [4.78, 5) is 0. The Balaban J connectivity index is -0.000000365. The molecular weight excluding hydrogens is 372 g/mol. The summed E-state index contributed by atoms with van der Waals surface area (Å²) in [7, 11) is 8.10. The molecule has 3 nitrogen and oxygen atoms in total. The summed E-state index contributed by atoms with van der Waals surface area (Å²) in [6.45, 7) is 24.9. The molecule has 0 amide bonds. The maximum absolute atomic E-state index is 5.00. The molecule has 0 aromatic rings. The largest absolute Gasteiger partial charge is 0.497 e. The number of hydrogen-bond donors (Lipinski definition) is 0. The lowest BCUT2D eigenvalue weighted by Crippen LogP contribution is -2.00. The molecule has 0 aromatic carbocycles. The van der Waals surface area contributed by atoms with Crippen molar-refractivity contribution in [3.05, 3.63) is 72.6 Å². The molecule has 0 saturated heterocycles. The molecule has 1 atom stereocenters. The van der Waals surface area contributed by atoms with Crippen molar-refractivity contribution in [2.75, 3.05) is 35.5 Å². The molecule has 0 fully saturated rings. The fourth-order valence-corrected chi connectivity index (χ4v) is 1.89. The van der Waals surface area contributed by atoms with Crippen LogP contribution in [0.1, 0.15) is 40.5 Å². The second kappa shape index (κ2) is 24.8. The van der Waals surface area contributed by atoms with E-state index in [2.05, 4.69) is 75.5 Å². The molecule has 0 aliphatic carbocycles. The Kier molecular flexibility index (Phi) is 29.0. The van der Waals surface area contributed by atoms with Crippen LogP contribution in [-0.2, 0) is 14.2 Å². The highest BCUT2D eigenvalue weighted by molar-refractivity contribution is 5.50. The van der Waals surface area contributed by atoms with E-state index < -0.39 is 0 Å². The second-order valence-electron chi connectivity index (χ2n) is 7.10. The van der Waals surface area contributed by atoms with Crippen LogP contribution in [0.3, 0.4) is 0 Å². The van der Waals surface area contributed by atoms with Gasteiger partial charge in [-0.15, -0.1) is 12.8 Å². The zero-order valence-electron chi connectivity index (χ0n) is 21.0. The lowest BCUT2D eigenvalue weighted by Gasteiger charge is -2.15. The van der Waals surface area contributed by atoms with Gasteiger partial charge in [-0.2, -0.15) is 0 Å². The molecule has 0 N–H and O–H groups in total. The SMILES string of the molecule is C#C.C=C(/C=C\C(=C)C(=C)/C(C)=C\C(=C)C(C)CCC(C)C)OC.COC.COC. The van der Waals surface area contributed by atoms with Crippen LogP contribution in [0.5, 0.6) is 0 Å². The van der Waals surface area contributed by atoms with Crippen molar-refractivity contribution in [1.82, 2.24) is 0 Å². The monoisotopic (exact) mass is 418 g/mol. The second-order valence-corrected chi connectivity index (χ2v) is 7.10. The minimum atomic E-state index is 0.488. The van der Waals surface area contributed by atoms with E-state index in [1.807, 2.05) is 13.0 Å². The number of hydrogen-bond acceptors (Lipinski definition) is 3. The summed E-state index contributed by atoms with van der Waals surface area (Å²) in [5.74, 6) is 1.82. The van der Waals surface area contributed by atoms with Gasteiger partial charge in [0.25, 0.3) is 0 Å². The zero-order chi connectivity index (χ0) is 24.7. The van der Waals surface area contributed by atoms with Gasteiger partial charge in [0.15, 0.2) is 0 Å². The highest BCUT2D eigenvalue weighted by Gasteiger charge is 2.08. The zero-order valence-corrected chi connectivity index (χ0v) is 21.0. The van der Waals surface area contributed by atoms with Crippen molar-refractivity contribution in [2.45, 2.75) is 40.5 Å². The Morgan fingerprint density at radius 2 is 1.27 bits per heavy atom. The number of methoxy groups -OCH3 is 3. The molecule has 0 rings (SSSR count). The van der Waals surface area contributed by atoms with Gasteiger partial charge in [0, 0.05) is 28.4 Å². The number of rotatable bonds is 10. The minimum absolute atomic E-state index is 0.488. The van der Waals surface area contributed by atoms with Crippen LogP contribution >= 0.6 is 0 Å². The van der Waals surface area contributed by atoms with Crippen LogP contribution in [0.4, 0.5) is 0 Å². The fourth-order valence-electron chi connectivity index (χ4n) is 1.89. The first-order chi connectivity index (χ1) is 14.0. The molecule has 1 unspecified atom stereocenters. The number of terminal acetylenes is 1. The van der Waals surface area contributed by atoms with Crippen molar-refractivity contribution in [1.29, 1.82) is 0 Å². The maximum Gasteiger partial charge on any atom is 0.111 e. The smallest absolute Gasteiger partial charge is 0.111 e. The van der Waals surface area contributed by atoms with Gasteiger partial charge in [0.05, 0.1) is 7.11 Å². The molecule has 0 heterocycles. The molecule has 0 bridgehead atoms. The van der Waals surface area contributed by atoms with Crippen LogP contribution in [-0.4, -0.2) is 35.5 Å². The molecule has 0 aliphatic rings. The highest BCUT2D eigenvalue weighted by Crippen LogP contribution is 2.24. The van der Waals surface area contributed by atoms with Crippen LogP contribution < -0.4 is 0 Å². The number of ether oxygens (including phenoxy) is 3. The van der Waals surface area contributed by atoms with Crippen molar-refractivity contribution in [2.24, 2.45) is 11.8 Å². The van der Waals surface area contributed by atoms with Crippen molar-refractivity contribution < 1.29 is 14.2 Å². The quantitative estimate of drug-likeness (QED) is 0.214. The summed E-state index contributed by atoms with van der Waals surface area (Å²) in [5.41, 5.74) is 4.02. The van der Waals surface area contributed by atoms with Crippen LogP contribution in [0.2, 0.25) is 0 Å². The highest BCUT2D eigenvalue weighted by atomic mass is 16.5. The van der Waals surface area contributed by atoms with Gasteiger partial charge < -0.3 is 14.2 Å². The van der Waals surface area contributed by atoms with Gasteiger partial charge in [0.1, 0.15) is 5.76 Å². The van der Waals surface area contributed by atoms with Gasteiger partial charge in [-0.3, -0.25) is 0 Å². The molecule has 0 aromatic heterocycles. The molecule has 30 heavy (non-hydrogen) atoms. The minimum Gasteiger partial charge on any atom is -0.497 e. The van der Waals surface area contributed by atoms with Gasteiger partial charge >= 0.3 is 0 Å². The number of allylic oxidation sites excluding steroid dienone is 7. The summed E-state index contributed by atoms with van der Waals surface area (Å²) >= 11 is 0. The Bertz CT molecular complexity index is 558. The van der Waals surface area contributed by atoms with E-state index in [0.29, 0.717) is 11.7 Å². The molecule has 0 aliphatic heterocycles. The first kappa shape index (κ1) is 35.2. The Hall–Kier alpha value is -2.28.